The van der Waals surface area contributed by atoms with Gasteiger partial charge in [0.2, 0.25) is 0 Å². The lowest BCUT2D eigenvalue weighted by atomic mass is 10.0. The van der Waals surface area contributed by atoms with Gasteiger partial charge in [-0.1, -0.05) is 36.2 Å². The SMILES string of the molecule is CCCc1c(N)noc1-c1cccc(Br)c1Cl. The summed E-state index contributed by atoms with van der Waals surface area (Å²) in [7, 11) is 0. The van der Waals surface area contributed by atoms with Gasteiger partial charge in [-0.15, -0.1) is 0 Å². The van der Waals surface area contributed by atoms with Crippen LogP contribution < -0.4 is 5.73 Å². The number of aromatic nitrogens is 1. The largest absolute Gasteiger partial charge is 0.381 e. The highest BCUT2D eigenvalue weighted by atomic mass is 79.9. The molecule has 0 aliphatic carbocycles. The van der Waals surface area contributed by atoms with Crippen molar-refractivity contribution < 1.29 is 4.52 Å². The van der Waals surface area contributed by atoms with E-state index in [-0.39, 0.29) is 0 Å². The van der Waals surface area contributed by atoms with E-state index >= 15 is 0 Å². The van der Waals surface area contributed by atoms with Gasteiger partial charge in [-0.2, -0.15) is 0 Å². The first kappa shape index (κ1) is 12.5. The Bertz CT molecular complexity index is 539. The van der Waals surface area contributed by atoms with Gasteiger partial charge in [0.25, 0.3) is 0 Å². The molecule has 0 aliphatic rings. The Morgan fingerprint density at radius 3 is 2.94 bits per heavy atom. The summed E-state index contributed by atoms with van der Waals surface area (Å²) in [6.07, 6.45) is 1.80. The van der Waals surface area contributed by atoms with Crippen LogP contribution in [0.3, 0.4) is 0 Å². The summed E-state index contributed by atoms with van der Waals surface area (Å²) < 4.78 is 6.12. The van der Waals surface area contributed by atoms with Crippen molar-refractivity contribution in [3.8, 4) is 11.3 Å². The molecule has 2 N–H and O–H groups in total. The molecule has 1 aromatic heterocycles. The van der Waals surface area contributed by atoms with Crippen LogP contribution in [0.5, 0.6) is 0 Å². The lowest BCUT2D eigenvalue weighted by Gasteiger charge is -2.04. The first-order valence-corrected chi connectivity index (χ1v) is 6.50. The third-order valence-corrected chi connectivity index (χ3v) is 3.81. The molecule has 0 spiro atoms. The molecule has 5 heteroatoms. The highest BCUT2D eigenvalue weighted by Crippen LogP contribution is 2.37. The highest BCUT2D eigenvalue weighted by molar-refractivity contribution is 9.10. The minimum atomic E-state index is 0.442. The fourth-order valence-electron chi connectivity index (χ4n) is 1.70. The molecule has 0 aliphatic heterocycles. The molecule has 0 unspecified atom stereocenters. The van der Waals surface area contributed by atoms with E-state index < -0.39 is 0 Å². The van der Waals surface area contributed by atoms with Crippen molar-refractivity contribution in [1.82, 2.24) is 5.16 Å². The molecular weight excluding hydrogens is 304 g/mol. The Morgan fingerprint density at radius 2 is 2.24 bits per heavy atom. The van der Waals surface area contributed by atoms with Crippen LogP contribution in [0.15, 0.2) is 27.2 Å². The number of rotatable bonds is 3. The summed E-state index contributed by atoms with van der Waals surface area (Å²) in [5.41, 5.74) is 7.53. The minimum absolute atomic E-state index is 0.442. The normalized spacial score (nSPS) is 10.8. The number of halogens is 2. The number of hydrogen-bond donors (Lipinski definition) is 1. The van der Waals surface area contributed by atoms with E-state index in [9.17, 15) is 0 Å². The van der Waals surface area contributed by atoms with E-state index in [1.807, 2.05) is 18.2 Å². The van der Waals surface area contributed by atoms with Crippen LogP contribution >= 0.6 is 27.5 Å². The standard InChI is InChI=1S/C12H12BrClN2O/c1-2-4-8-11(17-16-12(8)15)7-5-3-6-9(13)10(7)14/h3,5-6H,2,4H2,1H3,(H2,15,16). The van der Waals surface area contributed by atoms with Gasteiger partial charge in [0, 0.05) is 15.6 Å². The Labute approximate surface area is 113 Å². The van der Waals surface area contributed by atoms with Gasteiger partial charge in [0.05, 0.1) is 5.02 Å². The van der Waals surface area contributed by atoms with Crippen molar-refractivity contribution in [3.63, 3.8) is 0 Å². The predicted octanol–water partition coefficient (Wildman–Crippen LogP) is 4.29. The highest BCUT2D eigenvalue weighted by Gasteiger charge is 2.18. The third kappa shape index (κ3) is 2.33. The number of hydrogen-bond acceptors (Lipinski definition) is 3. The van der Waals surface area contributed by atoms with Gasteiger partial charge >= 0.3 is 0 Å². The van der Waals surface area contributed by atoms with E-state index in [0.29, 0.717) is 16.6 Å². The molecule has 0 radical (unpaired) electrons. The molecule has 2 rings (SSSR count). The van der Waals surface area contributed by atoms with E-state index in [0.717, 1.165) is 28.4 Å². The summed E-state index contributed by atoms with van der Waals surface area (Å²) in [5.74, 6) is 1.11. The second-order valence-electron chi connectivity index (χ2n) is 3.73. The maximum atomic E-state index is 6.23. The molecule has 17 heavy (non-hydrogen) atoms. The van der Waals surface area contributed by atoms with Crippen LogP contribution in [-0.2, 0) is 6.42 Å². The predicted molar refractivity (Wildman–Crippen MR) is 73.1 cm³/mol. The van der Waals surface area contributed by atoms with Crippen molar-refractivity contribution in [3.05, 3.63) is 33.3 Å². The molecule has 0 saturated carbocycles. The molecular formula is C12H12BrClN2O. The first-order valence-electron chi connectivity index (χ1n) is 5.33. The quantitative estimate of drug-likeness (QED) is 0.919. The summed E-state index contributed by atoms with van der Waals surface area (Å²) in [4.78, 5) is 0. The molecule has 3 nitrogen and oxygen atoms in total. The van der Waals surface area contributed by atoms with Crippen molar-refractivity contribution in [2.45, 2.75) is 19.8 Å². The van der Waals surface area contributed by atoms with Gasteiger partial charge in [0.1, 0.15) is 0 Å². The smallest absolute Gasteiger partial charge is 0.173 e. The van der Waals surface area contributed by atoms with E-state index in [1.165, 1.54) is 0 Å². The monoisotopic (exact) mass is 314 g/mol. The van der Waals surface area contributed by atoms with Gasteiger partial charge in [-0.3, -0.25) is 0 Å². The summed E-state index contributed by atoms with van der Waals surface area (Å²) >= 11 is 9.62. The second kappa shape index (κ2) is 5.10. The maximum Gasteiger partial charge on any atom is 0.173 e. The van der Waals surface area contributed by atoms with Crippen molar-refractivity contribution in [1.29, 1.82) is 0 Å². The fourth-order valence-corrected chi connectivity index (χ4v) is 2.28. The van der Waals surface area contributed by atoms with Crippen LogP contribution in [-0.4, -0.2) is 5.16 Å². The van der Waals surface area contributed by atoms with Crippen LogP contribution in [0, 0.1) is 0 Å². The second-order valence-corrected chi connectivity index (χ2v) is 4.96. The molecule has 0 atom stereocenters. The number of anilines is 1. The molecule has 0 fully saturated rings. The minimum Gasteiger partial charge on any atom is -0.381 e. The Morgan fingerprint density at radius 1 is 1.47 bits per heavy atom. The van der Waals surface area contributed by atoms with E-state index in [1.54, 1.807) is 0 Å². The first-order chi connectivity index (χ1) is 8.15. The van der Waals surface area contributed by atoms with Crippen molar-refractivity contribution >= 4 is 33.3 Å². The number of benzene rings is 1. The molecule has 1 aromatic carbocycles. The van der Waals surface area contributed by atoms with E-state index in [2.05, 4.69) is 28.0 Å². The molecule has 90 valence electrons. The molecule has 1 heterocycles. The van der Waals surface area contributed by atoms with Gasteiger partial charge in [-0.25, -0.2) is 0 Å². The molecule has 2 aromatic rings. The molecule has 0 saturated heterocycles. The number of nitrogens with zero attached hydrogens (tertiary/aromatic N) is 1. The Hall–Kier alpha value is -1.000. The van der Waals surface area contributed by atoms with Gasteiger partial charge in [0.15, 0.2) is 11.6 Å². The van der Waals surface area contributed by atoms with Crippen LogP contribution in [0.25, 0.3) is 11.3 Å². The van der Waals surface area contributed by atoms with Crippen LogP contribution in [0.4, 0.5) is 5.82 Å². The van der Waals surface area contributed by atoms with Crippen molar-refractivity contribution in [2.24, 2.45) is 0 Å². The van der Waals surface area contributed by atoms with Gasteiger partial charge < -0.3 is 10.3 Å². The topological polar surface area (TPSA) is 52.0 Å². The summed E-state index contributed by atoms with van der Waals surface area (Å²) in [5, 5.41) is 4.42. The van der Waals surface area contributed by atoms with Crippen molar-refractivity contribution in [2.75, 3.05) is 5.73 Å². The lowest BCUT2D eigenvalue weighted by molar-refractivity contribution is 0.435. The van der Waals surface area contributed by atoms with Crippen LogP contribution in [0.1, 0.15) is 18.9 Å². The third-order valence-electron chi connectivity index (χ3n) is 2.51. The number of nitrogen functional groups attached to an aromatic ring is 1. The summed E-state index contributed by atoms with van der Waals surface area (Å²) in [6.45, 7) is 2.08. The zero-order chi connectivity index (χ0) is 12.4. The maximum absolute atomic E-state index is 6.23. The average molecular weight is 316 g/mol. The Kier molecular flexibility index (Phi) is 3.74. The Balaban J connectivity index is 2.56. The summed E-state index contributed by atoms with van der Waals surface area (Å²) in [6, 6.07) is 5.68. The molecule has 0 amide bonds. The average Bonchev–Trinajstić information content (AvgIpc) is 2.66. The van der Waals surface area contributed by atoms with Crippen LogP contribution in [0.2, 0.25) is 5.02 Å². The number of nitrogens with two attached hydrogens (primary N) is 1. The van der Waals surface area contributed by atoms with E-state index in [4.69, 9.17) is 21.9 Å². The van der Waals surface area contributed by atoms with Gasteiger partial charge in [-0.05, 0) is 34.5 Å². The fraction of sp³-hybridized carbons (Fsp3) is 0.250. The zero-order valence-corrected chi connectivity index (χ0v) is 11.7. The molecule has 0 bridgehead atoms. The zero-order valence-electron chi connectivity index (χ0n) is 9.34. The lowest BCUT2D eigenvalue weighted by Crippen LogP contribution is -1.93.